The van der Waals surface area contributed by atoms with Crippen LogP contribution in [0.3, 0.4) is 0 Å². The number of carbonyl (C=O) groups excluding carboxylic acids is 3. The number of unbranched alkanes of at least 4 members (excludes halogenated alkanes) is 1. The average Bonchev–Trinajstić information content (AvgIpc) is 2.84. The van der Waals surface area contributed by atoms with Crippen LogP contribution < -0.4 is 10.6 Å². The molecule has 202 valence electrons. The fraction of sp³-hybridized carbons (Fsp3) is 0.500. The third-order valence-corrected chi connectivity index (χ3v) is 5.72. The Bertz CT molecular complexity index is 987. The van der Waals surface area contributed by atoms with Gasteiger partial charge in [0.1, 0.15) is 17.7 Å². The zero-order valence-corrected chi connectivity index (χ0v) is 23.1. The number of nitrogens with one attached hydrogen (secondary N) is 2. The van der Waals surface area contributed by atoms with Gasteiger partial charge in [-0.15, -0.1) is 0 Å². The van der Waals surface area contributed by atoms with Crippen LogP contribution in [0.2, 0.25) is 0 Å². The average molecular weight is 510 g/mol. The SMILES string of the molecule is CCCCN(C(=O)C(CC(C)C)NC(=O)OC(C)(C)C)C(C(=O)NCc1ccccc1)c1ccccc1. The largest absolute Gasteiger partial charge is 0.444 e. The molecule has 2 unspecified atom stereocenters. The molecule has 0 heterocycles. The van der Waals surface area contributed by atoms with Gasteiger partial charge in [-0.2, -0.15) is 0 Å². The maximum Gasteiger partial charge on any atom is 0.408 e. The summed E-state index contributed by atoms with van der Waals surface area (Å²) in [6.07, 6.45) is 1.35. The molecule has 7 nitrogen and oxygen atoms in total. The van der Waals surface area contributed by atoms with Gasteiger partial charge in [-0.1, -0.05) is 87.9 Å². The van der Waals surface area contributed by atoms with Crippen molar-refractivity contribution >= 4 is 17.9 Å². The van der Waals surface area contributed by atoms with Gasteiger partial charge in [0, 0.05) is 13.1 Å². The van der Waals surface area contributed by atoms with Crippen molar-refractivity contribution in [1.29, 1.82) is 0 Å². The number of hydrogen-bond acceptors (Lipinski definition) is 4. The van der Waals surface area contributed by atoms with Crippen LogP contribution in [0, 0.1) is 5.92 Å². The molecule has 2 aromatic carbocycles. The molecule has 7 heteroatoms. The highest BCUT2D eigenvalue weighted by molar-refractivity contribution is 5.92. The first-order valence-electron chi connectivity index (χ1n) is 13.2. The first kappa shape index (κ1) is 29.9. The van der Waals surface area contributed by atoms with Crippen molar-refractivity contribution in [2.45, 2.75) is 85.0 Å². The Hall–Kier alpha value is -3.35. The molecule has 0 aromatic heterocycles. The van der Waals surface area contributed by atoms with E-state index in [1.165, 1.54) is 0 Å². The Labute approximate surface area is 222 Å². The van der Waals surface area contributed by atoms with Gasteiger partial charge in [0.15, 0.2) is 0 Å². The van der Waals surface area contributed by atoms with E-state index < -0.39 is 23.8 Å². The molecule has 0 bridgehead atoms. The molecule has 0 saturated carbocycles. The van der Waals surface area contributed by atoms with Crippen molar-refractivity contribution in [1.82, 2.24) is 15.5 Å². The standard InChI is InChI=1S/C30H43N3O4/c1-7-8-19-33(28(35)25(20-22(2)3)32-29(36)37-30(4,5)6)26(24-17-13-10-14-18-24)27(34)31-21-23-15-11-9-12-16-23/h9-18,22,25-26H,7-8,19-21H2,1-6H3,(H,31,34)(H,32,36). The van der Waals surface area contributed by atoms with Gasteiger partial charge in [-0.3, -0.25) is 9.59 Å². The zero-order valence-electron chi connectivity index (χ0n) is 23.1. The minimum Gasteiger partial charge on any atom is -0.444 e. The van der Waals surface area contributed by atoms with Crippen molar-refractivity contribution in [2.24, 2.45) is 5.92 Å². The summed E-state index contributed by atoms with van der Waals surface area (Å²) in [6.45, 7) is 12.1. The van der Waals surface area contributed by atoms with E-state index in [9.17, 15) is 14.4 Å². The van der Waals surface area contributed by atoms with E-state index in [0.717, 1.165) is 24.0 Å². The van der Waals surface area contributed by atoms with E-state index in [0.29, 0.717) is 19.5 Å². The summed E-state index contributed by atoms with van der Waals surface area (Å²) in [5, 5.41) is 5.80. The van der Waals surface area contributed by atoms with Gasteiger partial charge in [0.05, 0.1) is 0 Å². The Morgan fingerprint density at radius 2 is 1.54 bits per heavy atom. The topological polar surface area (TPSA) is 87.7 Å². The van der Waals surface area contributed by atoms with Gasteiger partial charge in [-0.05, 0) is 50.7 Å². The van der Waals surface area contributed by atoms with Gasteiger partial charge >= 0.3 is 6.09 Å². The van der Waals surface area contributed by atoms with Crippen molar-refractivity contribution in [3.8, 4) is 0 Å². The van der Waals surface area contributed by atoms with Crippen LogP contribution in [-0.2, 0) is 20.9 Å². The first-order chi connectivity index (χ1) is 17.5. The number of carbonyl (C=O) groups is 3. The molecule has 37 heavy (non-hydrogen) atoms. The third-order valence-electron chi connectivity index (χ3n) is 5.72. The van der Waals surface area contributed by atoms with Crippen LogP contribution in [0.4, 0.5) is 4.79 Å². The Morgan fingerprint density at radius 1 is 0.946 bits per heavy atom. The number of rotatable bonds is 12. The van der Waals surface area contributed by atoms with E-state index in [-0.39, 0.29) is 17.7 Å². The minimum atomic E-state index is -0.834. The van der Waals surface area contributed by atoms with E-state index in [4.69, 9.17) is 4.74 Å². The number of nitrogens with zero attached hydrogens (tertiary/aromatic N) is 1. The summed E-state index contributed by atoms with van der Waals surface area (Å²) in [7, 11) is 0. The highest BCUT2D eigenvalue weighted by Gasteiger charge is 2.36. The first-order valence-corrected chi connectivity index (χ1v) is 13.2. The fourth-order valence-corrected chi connectivity index (χ4v) is 4.03. The molecule has 0 spiro atoms. The molecule has 2 atom stereocenters. The molecule has 3 amide bonds. The lowest BCUT2D eigenvalue weighted by atomic mass is 9.98. The number of alkyl carbamates (subject to hydrolysis) is 1. The molecule has 0 aliphatic rings. The Kier molecular flexibility index (Phi) is 11.6. The molecule has 0 radical (unpaired) electrons. The summed E-state index contributed by atoms with van der Waals surface area (Å²) in [4.78, 5) is 42.0. The van der Waals surface area contributed by atoms with Gasteiger partial charge in [0.25, 0.3) is 0 Å². The molecule has 0 saturated heterocycles. The van der Waals surface area contributed by atoms with Crippen LogP contribution in [-0.4, -0.2) is 41.0 Å². The van der Waals surface area contributed by atoms with Crippen LogP contribution in [0.25, 0.3) is 0 Å². The van der Waals surface area contributed by atoms with E-state index in [1.54, 1.807) is 25.7 Å². The van der Waals surface area contributed by atoms with Crippen LogP contribution in [0.1, 0.15) is 78.0 Å². The highest BCUT2D eigenvalue weighted by Crippen LogP contribution is 2.24. The van der Waals surface area contributed by atoms with Crippen LogP contribution >= 0.6 is 0 Å². The van der Waals surface area contributed by atoms with E-state index >= 15 is 0 Å². The molecule has 0 aliphatic heterocycles. The number of ether oxygens (including phenoxy) is 1. The molecular weight excluding hydrogens is 466 g/mol. The fourth-order valence-electron chi connectivity index (χ4n) is 4.03. The summed E-state index contributed by atoms with van der Waals surface area (Å²) in [5.74, 6) is -0.421. The summed E-state index contributed by atoms with van der Waals surface area (Å²) in [6, 6.07) is 17.3. The van der Waals surface area contributed by atoms with Crippen molar-refractivity contribution in [3.63, 3.8) is 0 Å². The molecular formula is C30H43N3O4. The molecule has 0 fully saturated rings. The normalized spacial score (nSPS) is 12.9. The quantitative estimate of drug-likeness (QED) is 0.389. The Morgan fingerprint density at radius 3 is 2.08 bits per heavy atom. The Balaban J connectivity index is 2.40. The number of benzene rings is 2. The number of amides is 3. The minimum absolute atomic E-state index is 0.138. The van der Waals surface area contributed by atoms with Crippen LogP contribution in [0.5, 0.6) is 0 Å². The molecule has 2 N–H and O–H groups in total. The van der Waals surface area contributed by atoms with Gasteiger partial charge in [0.2, 0.25) is 11.8 Å². The highest BCUT2D eigenvalue weighted by atomic mass is 16.6. The van der Waals surface area contributed by atoms with Crippen molar-refractivity contribution in [3.05, 3.63) is 71.8 Å². The second-order valence-corrected chi connectivity index (χ2v) is 10.7. The van der Waals surface area contributed by atoms with Gasteiger partial charge in [-0.25, -0.2) is 4.79 Å². The second kappa shape index (κ2) is 14.4. The predicted octanol–water partition coefficient (Wildman–Crippen LogP) is 5.61. The second-order valence-electron chi connectivity index (χ2n) is 10.7. The molecule has 2 aromatic rings. The van der Waals surface area contributed by atoms with Crippen LogP contribution in [0.15, 0.2) is 60.7 Å². The van der Waals surface area contributed by atoms with E-state index in [1.807, 2.05) is 81.4 Å². The maximum absolute atomic E-state index is 14.1. The summed E-state index contributed by atoms with van der Waals surface area (Å²) in [5.41, 5.74) is 0.998. The monoisotopic (exact) mass is 509 g/mol. The lowest BCUT2D eigenvalue weighted by Gasteiger charge is -2.35. The molecule has 0 aliphatic carbocycles. The smallest absolute Gasteiger partial charge is 0.408 e. The zero-order chi connectivity index (χ0) is 27.4. The summed E-state index contributed by atoms with van der Waals surface area (Å²) < 4.78 is 5.44. The predicted molar refractivity (Wildman–Crippen MR) is 147 cm³/mol. The third kappa shape index (κ3) is 10.3. The molecule has 2 rings (SSSR count). The van der Waals surface area contributed by atoms with Crippen molar-refractivity contribution in [2.75, 3.05) is 6.54 Å². The lowest BCUT2D eigenvalue weighted by molar-refractivity contribution is -0.143. The van der Waals surface area contributed by atoms with Crippen molar-refractivity contribution < 1.29 is 19.1 Å². The number of hydrogen-bond donors (Lipinski definition) is 2. The maximum atomic E-state index is 14.1. The van der Waals surface area contributed by atoms with E-state index in [2.05, 4.69) is 10.6 Å². The van der Waals surface area contributed by atoms with Gasteiger partial charge < -0.3 is 20.3 Å². The summed E-state index contributed by atoms with van der Waals surface area (Å²) >= 11 is 0. The lowest BCUT2D eigenvalue weighted by Crippen LogP contribution is -2.53.